The Bertz CT molecular complexity index is 382. The Balaban J connectivity index is 2.94. The van der Waals surface area contributed by atoms with E-state index in [-0.39, 0.29) is 11.0 Å². The van der Waals surface area contributed by atoms with Crippen molar-refractivity contribution in [2.24, 2.45) is 0 Å². The summed E-state index contributed by atoms with van der Waals surface area (Å²) in [5.41, 5.74) is 0.575. The van der Waals surface area contributed by atoms with Gasteiger partial charge in [0.2, 0.25) is 0 Å². The first-order valence-corrected chi connectivity index (χ1v) is 5.97. The molecule has 0 fully saturated rings. The van der Waals surface area contributed by atoms with Gasteiger partial charge in [0.15, 0.2) is 0 Å². The van der Waals surface area contributed by atoms with Crippen molar-refractivity contribution >= 4 is 33.2 Å². The van der Waals surface area contributed by atoms with Gasteiger partial charge >= 0.3 is 10.8 Å². The van der Waals surface area contributed by atoms with Gasteiger partial charge in [-0.05, 0) is 13.8 Å². The van der Waals surface area contributed by atoms with E-state index in [0.717, 1.165) is 11.3 Å². The number of carbonyl (C=O) groups is 1. The number of hydrogen-bond donors (Lipinski definition) is 1. The second kappa shape index (κ2) is 4.75. The first kappa shape index (κ1) is 11.5. The number of thiazole rings is 1. The van der Waals surface area contributed by atoms with E-state index in [9.17, 15) is 9.59 Å². The lowest BCUT2D eigenvalue weighted by molar-refractivity contribution is 0.0382. The molecule has 0 unspecified atom stereocenters. The van der Waals surface area contributed by atoms with Crippen LogP contribution in [0.15, 0.2) is 4.79 Å². The third-order valence-electron chi connectivity index (χ3n) is 1.38. The van der Waals surface area contributed by atoms with Gasteiger partial charge in [-0.25, -0.2) is 4.79 Å². The maximum Gasteiger partial charge on any atom is 0.350 e. The molecule has 14 heavy (non-hydrogen) atoms. The first-order chi connectivity index (χ1) is 6.54. The van der Waals surface area contributed by atoms with Crippen LogP contribution in [0.4, 0.5) is 0 Å². The summed E-state index contributed by atoms with van der Waals surface area (Å²) >= 11 is 4.06. The molecule has 4 nitrogen and oxygen atoms in total. The highest BCUT2D eigenvalue weighted by Gasteiger charge is 2.17. The number of hydrogen-bond acceptors (Lipinski definition) is 4. The van der Waals surface area contributed by atoms with E-state index in [0.29, 0.717) is 15.9 Å². The predicted octanol–water partition coefficient (Wildman–Crippen LogP) is 1.90. The van der Waals surface area contributed by atoms with Gasteiger partial charge < -0.3 is 9.72 Å². The van der Waals surface area contributed by atoms with Crippen LogP contribution in [0.25, 0.3) is 0 Å². The average Bonchev–Trinajstić information content (AvgIpc) is 2.45. The zero-order chi connectivity index (χ0) is 10.7. The summed E-state index contributed by atoms with van der Waals surface area (Å²) in [5.74, 6) is -0.446. The molecule has 1 aromatic rings. The lowest BCUT2D eigenvalue weighted by Crippen LogP contribution is -2.11. The van der Waals surface area contributed by atoms with Crippen molar-refractivity contribution in [3.63, 3.8) is 0 Å². The molecule has 1 heterocycles. The summed E-state index contributed by atoms with van der Waals surface area (Å²) in [6.45, 7) is 3.53. The molecule has 0 bridgehead atoms. The quantitative estimate of drug-likeness (QED) is 0.679. The Morgan fingerprint density at radius 1 is 1.64 bits per heavy atom. The molecule has 0 aliphatic heterocycles. The van der Waals surface area contributed by atoms with Crippen molar-refractivity contribution in [2.45, 2.75) is 25.3 Å². The van der Waals surface area contributed by atoms with Crippen LogP contribution >= 0.6 is 27.3 Å². The number of H-pyrrole nitrogens is 1. The Kier molecular flexibility index (Phi) is 3.88. The van der Waals surface area contributed by atoms with Crippen LogP contribution in [0.3, 0.4) is 0 Å². The molecule has 1 aromatic heterocycles. The molecule has 6 heteroatoms. The normalized spacial score (nSPS) is 10.6. The van der Waals surface area contributed by atoms with Crippen molar-refractivity contribution in [3.05, 3.63) is 20.2 Å². The van der Waals surface area contributed by atoms with Gasteiger partial charge in [0.25, 0.3) is 0 Å². The minimum absolute atomic E-state index is 0.178. The number of halogens is 1. The molecule has 0 saturated carbocycles. The standard InChI is InChI=1S/C8H10BrNO3S/c1-4(2)13-7(11)6-5(3-9)10-8(12)14-6/h4H,3H2,1-2H3,(H,10,12). The molecule has 0 aliphatic rings. The van der Waals surface area contributed by atoms with Crippen LogP contribution in [0.2, 0.25) is 0 Å². The monoisotopic (exact) mass is 279 g/mol. The van der Waals surface area contributed by atoms with Crippen LogP contribution in [0.5, 0.6) is 0 Å². The summed E-state index contributed by atoms with van der Waals surface area (Å²) in [6.07, 6.45) is -0.178. The van der Waals surface area contributed by atoms with Crippen molar-refractivity contribution in [2.75, 3.05) is 0 Å². The average molecular weight is 280 g/mol. The molecule has 1 N–H and O–H groups in total. The lowest BCUT2D eigenvalue weighted by atomic mass is 10.4. The summed E-state index contributed by atoms with van der Waals surface area (Å²) in [7, 11) is 0. The number of aromatic amines is 1. The predicted molar refractivity (Wildman–Crippen MR) is 58.1 cm³/mol. The van der Waals surface area contributed by atoms with Crippen LogP contribution in [0, 0.1) is 0 Å². The molecule has 0 spiro atoms. The molecular weight excluding hydrogens is 270 g/mol. The fourth-order valence-corrected chi connectivity index (χ4v) is 2.23. The maximum absolute atomic E-state index is 11.5. The molecule has 0 radical (unpaired) electrons. The van der Waals surface area contributed by atoms with E-state index in [4.69, 9.17) is 4.74 Å². The van der Waals surface area contributed by atoms with Gasteiger partial charge in [-0.3, -0.25) is 4.79 Å². The number of rotatable bonds is 3. The fourth-order valence-electron chi connectivity index (χ4n) is 0.886. The Morgan fingerprint density at radius 3 is 2.79 bits per heavy atom. The molecular formula is C8H10BrNO3S. The largest absolute Gasteiger partial charge is 0.459 e. The Hall–Kier alpha value is -0.620. The number of esters is 1. The smallest absolute Gasteiger partial charge is 0.350 e. The second-order valence-corrected chi connectivity index (χ2v) is 4.45. The molecule has 0 aromatic carbocycles. The summed E-state index contributed by atoms with van der Waals surface area (Å²) < 4.78 is 4.98. The van der Waals surface area contributed by atoms with Crippen molar-refractivity contribution in [3.8, 4) is 0 Å². The van der Waals surface area contributed by atoms with E-state index in [1.807, 2.05) is 0 Å². The van der Waals surface area contributed by atoms with Crippen molar-refractivity contribution in [1.82, 2.24) is 4.98 Å². The van der Waals surface area contributed by atoms with Crippen LogP contribution in [-0.2, 0) is 10.1 Å². The second-order valence-electron chi connectivity index (χ2n) is 2.91. The molecule has 1 rings (SSSR count). The number of carbonyl (C=O) groups excluding carboxylic acids is 1. The number of aromatic nitrogens is 1. The number of alkyl halides is 1. The molecule has 0 saturated heterocycles. The van der Waals surface area contributed by atoms with Gasteiger partial charge in [0.05, 0.1) is 11.8 Å². The lowest BCUT2D eigenvalue weighted by Gasteiger charge is -2.06. The Labute approximate surface area is 93.4 Å². The first-order valence-electron chi connectivity index (χ1n) is 4.03. The minimum Gasteiger partial charge on any atom is -0.459 e. The van der Waals surface area contributed by atoms with Crippen molar-refractivity contribution < 1.29 is 9.53 Å². The summed E-state index contributed by atoms with van der Waals surface area (Å²) in [6, 6.07) is 0. The van der Waals surface area contributed by atoms with Crippen molar-refractivity contribution in [1.29, 1.82) is 0 Å². The molecule has 78 valence electrons. The molecule has 0 atom stereocenters. The highest BCUT2D eigenvalue weighted by Crippen LogP contribution is 2.14. The van der Waals surface area contributed by atoms with E-state index in [1.54, 1.807) is 13.8 Å². The van der Waals surface area contributed by atoms with E-state index in [1.165, 1.54) is 0 Å². The van der Waals surface area contributed by atoms with E-state index in [2.05, 4.69) is 20.9 Å². The third-order valence-corrected chi connectivity index (χ3v) is 2.85. The Morgan fingerprint density at radius 2 is 2.29 bits per heavy atom. The van der Waals surface area contributed by atoms with Gasteiger partial charge in [0, 0.05) is 5.33 Å². The zero-order valence-corrected chi connectivity index (χ0v) is 10.2. The minimum atomic E-state index is -0.446. The van der Waals surface area contributed by atoms with Crippen LogP contribution < -0.4 is 4.87 Å². The summed E-state index contributed by atoms with van der Waals surface area (Å²) in [4.78, 5) is 25.1. The maximum atomic E-state index is 11.5. The van der Waals surface area contributed by atoms with Gasteiger partial charge in [0.1, 0.15) is 4.88 Å². The molecule has 0 amide bonds. The van der Waals surface area contributed by atoms with Crippen LogP contribution in [0.1, 0.15) is 29.2 Å². The van der Waals surface area contributed by atoms with Gasteiger partial charge in [-0.15, -0.1) is 0 Å². The summed E-state index contributed by atoms with van der Waals surface area (Å²) in [5, 5.41) is 0.439. The molecule has 0 aliphatic carbocycles. The highest BCUT2D eigenvalue weighted by atomic mass is 79.9. The highest BCUT2D eigenvalue weighted by molar-refractivity contribution is 9.08. The van der Waals surface area contributed by atoms with Gasteiger partial charge in [-0.1, -0.05) is 27.3 Å². The fraction of sp³-hybridized carbons (Fsp3) is 0.500. The topological polar surface area (TPSA) is 59.2 Å². The third kappa shape index (κ3) is 2.68. The van der Waals surface area contributed by atoms with E-state index < -0.39 is 5.97 Å². The SMILES string of the molecule is CC(C)OC(=O)c1sc(=O)[nH]c1CBr. The number of ether oxygens (including phenoxy) is 1. The van der Waals surface area contributed by atoms with E-state index >= 15 is 0 Å². The van der Waals surface area contributed by atoms with Gasteiger partial charge in [-0.2, -0.15) is 0 Å². The number of nitrogens with one attached hydrogen (secondary N) is 1. The van der Waals surface area contributed by atoms with Crippen LogP contribution in [-0.4, -0.2) is 17.1 Å². The zero-order valence-electron chi connectivity index (χ0n) is 7.80.